The molecule has 0 radical (unpaired) electrons. The molecule has 1 aliphatic rings. The Balaban J connectivity index is 1.88. The molecule has 2 amide bonds. The quantitative estimate of drug-likeness (QED) is 0.367. The van der Waals surface area contributed by atoms with Crippen LogP contribution in [0, 0.1) is 0 Å². The molecule has 204 valence electrons. The third kappa shape index (κ3) is 5.92. The number of anilines is 2. The number of fused-ring (bicyclic) bond motifs is 1. The van der Waals surface area contributed by atoms with Crippen LogP contribution in [0.25, 0.3) is 11.0 Å². The first-order valence-electron chi connectivity index (χ1n) is 12.9. The van der Waals surface area contributed by atoms with Gasteiger partial charge in [0.05, 0.1) is 5.39 Å². The van der Waals surface area contributed by atoms with Gasteiger partial charge in [-0.1, -0.05) is 11.6 Å². The van der Waals surface area contributed by atoms with Crippen LogP contribution < -0.4 is 20.4 Å². The number of carbonyl (C=O) groups is 2. The first-order valence-corrected chi connectivity index (χ1v) is 13.3. The summed E-state index contributed by atoms with van der Waals surface area (Å²) < 4.78 is 5.91. The minimum atomic E-state index is -1.24. The van der Waals surface area contributed by atoms with E-state index in [9.17, 15) is 9.59 Å². The number of amides is 2. The lowest BCUT2D eigenvalue weighted by atomic mass is 9.84. The summed E-state index contributed by atoms with van der Waals surface area (Å²) in [5.74, 6) is 0.151. The normalized spacial score (nSPS) is 15.3. The van der Waals surface area contributed by atoms with Crippen molar-refractivity contribution < 1.29 is 14.3 Å². The summed E-state index contributed by atoms with van der Waals surface area (Å²) >= 11 is 6.17. The third-order valence-electron chi connectivity index (χ3n) is 6.57. The van der Waals surface area contributed by atoms with Crippen LogP contribution in [0.4, 0.5) is 16.3 Å². The van der Waals surface area contributed by atoms with Crippen LogP contribution in [-0.4, -0.2) is 71.3 Å². The molecule has 2 aromatic heterocycles. The monoisotopic (exact) mass is 541 g/mol. The third-order valence-corrected chi connectivity index (χ3v) is 6.82. The highest BCUT2D eigenvalue weighted by atomic mass is 35.5. The van der Waals surface area contributed by atoms with E-state index in [1.807, 2.05) is 46.0 Å². The predicted molar refractivity (Wildman–Crippen MR) is 150 cm³/mol. The lowest BCUT2D eigenvalue weighted by Crippen LogP contribution is -2.66. The fourth-order valence-corrected chi connectivity index (χ4v) is 4.94. The van der Waals surface area contributed by atoms with Crippen molar-refractivity contribution in [2.24, 2.45) is 0 Å². The molecule has 0 aliphatic carbocycles. The average molecular weight is 542 g/mol. The number of rotatable bonds is 8. The second-order valence-electron chi connectivity index (χ2n) is 10.4. The molecule has 1 aliphatic heterocycles. The molecule has 1 saturated heterocycles. The molecular weight excluding hydrogens is 506 g/mol. The Morgan fingerprint density at radius 2 is 1.84 bits per heavy atom. The molecule has 0 bridgehead atoms. The van der Waals surface area contributed by atoms with Crippen molar-refractivity contribution in [2.75, 3.05) is 43.0 Å². The first kappa shape index (κ1) is 27.8. The van der Waals surface area contributed by atoms with E-state index in [0.717, 1.165) is 13.0 Å². The van der Waals surface area contributed by atoms with Gasteiger partial charge in [0.15, 0.2) is 5.82 Å². The Morgan fingerprint density at radius 1 is 1.13 bits per heavy atom. The molecular formula is C27H36ClN7O3. The molecule has 3 N–H and O–H groups in total. The smallest absolute Gasteiger partial charge is 0.417 e. The Morgan fingerprint density at radius 3 is 2.50 bits per heavy atom. The van der Waals surface area contributed by atoms with Gasteiger partial charge >= 0.3 is 6.09 Å². The van der Waals surface area contributed by atoms with Crippen molar-refractivity contribution in [3.05, 3.63) is 47.9 Å². The van der Waals surface area contributed by atoms with Crippen LogP contribution in [-0.2, 0) is 9.53 Å². The molecule has 3 heterocycles. The van der Waals surface area contributed by atoms with Gasteiger partial charge in [-0.25, -0.2) is 19.7 Å². The highest BCUT2D eigenvalue weighted by Gasteiger charge is 2.52. The van der Waals surface area contributed by atoms with Crippen molar-refractivity contribution in [3.63, 3.8) is 0 Å². The highest BCUT2D eigenvalue weighted by molar-refractivity contribution is 6.30. The number of nitrogens with zero attached hydrogens (tertiary/aromatic N) is 4. The van der Waals surface area contributed by atoms with Gasteiger partial charge in [-0.3, -0.25) is 4.79 Å². The summed E-state index contributed by atoms with van der Waals surface area (Å²) in [6.07, 6.45) is 4.01. The number of aromatic nitrogens is 3. The SMILES string of the molecule is CNCCCN(C(=O)C1(N(C(=O)OC(C)(C)C)c2ncnc3[nH]ccc23)CCNCC1)c1ccc(Cl)cc1. The molecule has 1 aromatic carbocycles. The van der Waals surface area contributed by atoms with Crippen LogP contribution in [0.1, 0.15) is 40.0 Å². The van der Waals surface area contributed by atoms with E-state index in [1.54, 1.807) is 23.2 Å². The molecule has 0 spiro atoms. The number of piperidine rings is 1. The summed E-state index contributed by atoms with van der Waals surface area (Å²) in [6.45, 7) is 7.73. The molecule has 3 aromatic rings. The van der Waals surface area contributed by atoms with Crippen LogP contribution in [0.3, 0.4) is 0 Å². The molecule has 11 heteroatoms. The van der Waals surface area contributed by atoms with Gasteiger partial charge in [0.1, 0.15) is 23.1 Å². The largest absolute Gasteiger partial charge is 0.443 e. The zero-order chi connectivity index (χ0) is 27.3. The molecule has 0 atom stereocenters. The van der Waals surface area contributed by atoms with E-state index in [4.69, 9.17) is 16.3 Å². The summed E-state index contributed by atoms with van der Waals surface area (Å²) in [5.41, 5.74) is -0.735. The number of hydrogen-bond donors (Lipinski definition) is 3. The lowest BCUT2D eigenvalue weighted by molar-refractivity contribution is -0.124. The van der Waals surface area contributed by atoms with Gasteiger partial charge in [0.25, 0.3) is 5.91 Å². The number of hydrogen-bond acceptors (Lipinski definition) is 7. The van der Waals surface area contributed by atoms with Crippen molar-refractivity contribution in [3.8, 4) is 0 Å². The van der Waals surface area contributed by atoms with Crippen LogP contribution in [0.15, 0.2) is 42.9 Å². The van der Waals surface area contributed by atoms with Gasteiger partial charge in [-0.15, -0.1) is 0 Å². The molecule has 10 nitrogen and oxygen atoms in total. The van der Waals surface area contributed by atoms with Crippen LogP contribution in [0.5, 0.6) is 0 Å². The molecule has 4 rings (SSSR count). The summed E-state index contributed by atoms with van der Waals surface area (Å²) in [7, 11) is 1.88. The predicted octanol–water partition coefficient (Wildman–Crippen LogP) is 4.12. The second kappa shape index (κ2) is 11.7. The molecule has 1 fully saturated rings. The van der Waals surface area contributed by atoms with Crippen molar-refractivity contribution in [1.29, 1.82) is 0 Å². The maximum atomic E-state index is 14.8. The summed E-state index contributed by atoms with van der Waals surface area (Å²) in [5, 5.41) is 7.71. The molecule has 38 heavy (non-hydrogen) atoms. The summed E-state index contributed by atoms with van der Waals surface area (Å²) in [6, 6.07) is 9.02. The molecule has 0 unspecified atom stereocenters. The second-order valence-corrected chi connectivity index (χ2v) is 10.9. The van der Waals surface area contributed by atoms with Gasteiger partial charge < -0.3 is 25.3 Å². The van der Waals surface area contributed by atoms with E-state index < -0.39 is 17.2 Å². The maximum absolute atomic E-state index is 14.8. The van der Waals surface area contributed by atoms with E-state index >= 15 is 0 Å². The minimum Gasteiger partial charge on any atom is -0.443 e. The zero-order valence-corrected chi connectivity index (χ0v) is 23.1. The average Bonchev–Trinajstić information content (AvgIpc) is 3.37. The lowest BCUT2D eigenvalue weighted by Gasteiger charge is -2.46. The van der Waals surface area contributed by atoms with Crippen LogP contribution in [0.2, 0.25) is 5.02 Å². The Labute approximate surface area is 228 Å². The van der Waals surface area contributed by atoms with E-state index in [-0.39, 0.29) is 5.91 Å². The van der Waals surface area contributed by atoms with Crippen molar-refractivity contribution in [2.45, 2.75) is 51.2 Å². The minimum absolute atomic E-state index is 0.189. The van der Waals surface area contributed by atoms with E-state index in [0.29, 0.717) is 60.0 Å². The van der Waals surface area contributed by atoms with E-state index in [1.165, 1.54) is 11.2 Å². The number of carbonyl (C=O) groups excluding carboxylic acids is 2. The van der Waals surface area contributed by atoms with Gasteiger partial charge in [0, 0.05) is 23.5 Å². The Hall–Kier alpha value is -3.21. The summed E-state index contributed by atoms with van der Waals surface area (Å²) in [4.78, 5) is 43.9. The molecule has 0 saturated carbocycles. The van der Waals surface area contributed by atoms with Gasteiger partial charge in [0.2, 0.25) is 0 Å². The van der Waals surface area contributed by atoms with Crippen molar-refractivity contribution in [1.82, 2.24) is 25.6 Å². The first-order chi connectivity index (χ1) is 18.2. The number of nitrogens with one attached hydrogen (secondary N) is 3. The fourth-order valence-electron chi connectivity index (χ4n) is 4.82. The maximum Gasteiger partial charge on any atom is 0.417 e. The Kier molecular flexibility index (Phi) is 8.54. The number of aromatic amines is 1. The topological polar surface area (TPSA) is 115 Å². The standard InChI is InChI=1S/C27H36ClN7O3/c1-26(2,3)38-25(37)35(23-21-10-14-31-22(21)32-18-33-23)27(11-15-30-16-12-27)24(36)34(17-5-13-29-4)20-8-6-19(28)7-9-20/h6-10,14,18,29-30H,5,11-13,15-17H2,1-4H3,(H,31,32,33). The Bertz CT molecular complexity index is 1250. The van der Waals surface area contributed by atoms with Crippen LogP contribution >= 0.6 is 11.6 Å². The van der Waals surface area contributed by atoms with Gasteiger partial charge in [-0.2, -0.15) is 0 Å². The van der Waals surface area contributed by atoms with Gasteiger partial charge in [-0.05, 0) is 97.0 Å². The highest BCUT2D eigenvalue weighted by Crippen LogP contribution is 2.38. The fraction of sp³-hybridized carbons (Fsp3) is 0.481. The van der Waals surface area contributed by atoms with E-state index in [2.05, 4.69) is 25.6 Å². The number of H-pyrrole nitrogens is 1. The number of ether oxygens (including phenoxy) is 1. The zero-order valence-electron chi connectivity index (χ0n) is 22.4. The number of halogens is 1. The van der Waals surface area contributed by atoms with Crippen molar-refractivity contribution >= 4 is 46.1 Å². The number of benzene rings is 1.